The van der Waals surface area contributed by atoms with Gasteiger partial charge in [0.25, 0.3) is 5.56 Å². The second-order valence-corrected chi connectivity index (χ2v) is 7.97. The zero-order chi connectivity index (χ0) is 21.3. The molecule has 160 valence electrons. The molecular formula is C22H28N4O4. The molecular weight excluding hydrogens is 384 g/mol. The molecule has 4 rings (SSSR count). The van der Waals surface area contributed by atoms with E-state index in [1.807, 2.05) is 32.1 Å². The standard InChI is InChI=1S/C22H28N4O4/c1-3-5-14-6-7-18-19-16(10-25(18)22(14)29)17(11-27)20(21(28)23-8-4-2)26(19)9-15-12-30-13-24-15/h3,5-7,12-13,16-17,19-20,27H,4,8-11H2,1-2H3,(H,23,28)/b5-3+/t16-,17-,19+,20-/m0/s1. The van der Waals surface area contributed by atoms with Gasteiger partial charge in [-0.3, -0.25) is 14.5 Å². The first-order chi connectivity index (χ1) is 14.6. The van der Waals surface area contributed by atoms with Gasteiger partial charge in [-0.2, -0.15) is 0 Å². The highest BCUT2D eigenvalue weighted by Crippen LogP contribution is 2.49. The Morgan fingerprint density at radius 2 is 2.27 bits per heavy atom. The third-order valence-corrected chi connectivity index (χ3v) is 6.21. The van der Waals surface area contributed by atoms with Crippen molar-refractivity contribution in [1.82, 2.24) is 19.8 Å². The highest BCUT2D eigenvalue weighted by Gasteiger charge is 2.55. The molecule has 2 aliphatic heterocycles. The van der Waals surface area contributed by atoms with Gasteiger partial charge >= 0.3 is 0 Å². The van der Waals surface area contributed by atoms with E-state index in [-0.39, 0.29) is 36.0 Å². The molecule has 0 aliphatic carbocycles. The summed E-state index contributed by atoms with van der Waals surface area (Å²) < 4.78 is 6.93. The SMILES string of the molecule is C/C=C/c1ccc2n(c1=O)C[C@H]1[C@H](CO)[C@@H](C(=O)NCCC)N(Cc3cocn3)[C@@H]21. The Hall–Kier alpha value is -2.71. The number of nitrogens with zero attached hydrogens (tertiary/aromatic N) is 3. The van der Waals surface area contributed by atoms with Gasteiger partial charge in [0.1, 0.15) is 6.26 Å². The predicted molar refractivity (Wildman–Crippen MR) is 111 cm³/mol. The molecule has 8 heteroatoms. The maximum Gasteiger partial charge on any atom is 0.258 e. The number of amides is 1. The van der Waals surface area contributed by atoms with Crippen LogP contribution in [0.15, 0.2) is 40.1 Å². The summed E-state index contributed by atoms with van der Waals surface area (Å²) in [4.78, 5) is 32.4. The number of allylic oxidation sites excluding steroid dienone is 1. The van der Waals surface area contributed by atoms with Crippen molar-refractivity contribution < 1.29 is 14.3 Å². The number of aliphatic hydroxyl groups is 1. The summed E-state index contributed by atoms with van der Waals surface area (Å²) in [5, 5.41) is 13.2. The summed E-state index contributed by atoms with van der Waals surface area (Å²) in [5.74, 6) is -0.399. The molecule has 0 spiro atoms. The van der Waals surface area contributed by atoms with Crippen LogP contribution in [0.3, 0.4) is 0 Å². The van der Waals surface area contributed by atoms with Crippen LogP contribution in [-0.4, -0.2) is 44.7 Å². The van der Waals surface area contributed by atoms with Crippen molar-refractivity contribution in [2.75, 3.05) is 13.2 Å². The molecule has 1 saturated heterocycles. The van der Waals surface area contributed by atoms with E-state index >= 15 is 0 Å². The van der Waals surface area contributed by atoms with Crippen LogP contribution in [0.1, 0.15) is 43.3 Å². The molecule has 2 aliphatic rings. The lowest BCUT2D eigenvalue weighted by Crippen LogP contribution is -2.48. The van der Waals surface area contributed by atoms with Gasteiger partial charge in [0.2, 0.25) is 5.91 Å². The van der Waals surface area contributed by atoms with Crippen LogP contribution >= 0.6 is 0 Å². The van der Waals surface area contributed by atoms with Crippen molar-refractivity contribution in [2.45, 2.75) is 45.4 Å². The molecule has 0 saturated carbocycles. The molecule has 1 amide bonds. The quantitative estimate of drug-likeness (QED) is 0.716. The summed E-state index contributed by atoms with van der Waals surface area (Å²) in [6.07, 6.45) is 7.43. The van der Waals surface area contributed by atoms with Gasteiger partial charge < -0.3 is 19.4 Å². The molecule has 2 aromatic rings. The Labute approximate surface area is 175 Å². The largest absolute Gasteiger partial charge is 0.451 e. The topological polar surface area (TPSA) is 101 Å². The van der Waals surface area contributed by atoms with Crippen molar-refractivity contribution in [3.8, 4) is 0 Å². The average molecular weight is 412 g/mol. The summed E-state index contributed by atoms with van der Waals surface area (Å²) >= 11 is 0. The Morgan fingerprint density at radius 3 is 2.93 bits per heavy atom. The number of pyridine rings is 1. The Balaban J connectivity index is 1.76. The normalized spacial score (nSPS) is 25.6. The number of rotatable bonds is 7. The van der Waals surface area contributed by atoms with Gasteiger partial charge in [-0.15, -0.1) is 0 Å². The summed E-state index contributed by atoms with van der Waals surface area (Å²) in [6.45, 7) is 5.25. The summed E-state index contributed by atoms with van der Waals surface area (Å²) in [7, 11) is 0. The van der Waals surface area contributed by atoms with E-state index < -0.39 is 6.04 Å². The van der Waals surface area contributed by atoms with Gasteiger partial charge in [-0.1, -0.05) is 19.1 Å². The highest BCUT2D eigenvalue weighted by molar-refractivity contribution is 5.82. The highest BCUT2D eigenvalue weighted by atomic mass is 16.3. The summed E-state index contributed by atoms with van der Waals surface area (Å²) in [5.41, 5.74) is 2.20. The molecule has 8 nitrogen and oxygen atoms in total. The number of aromatic nitrogens is 2. The lowest BCUT2D eigenvalue weighted by atomic mass is 9.88. The van der Waals surface area contributed by atoms with Crippen LogP contribution in [-0.2, 0) is 17.9 Å². The number of hydrogen-bond donors (Lipinski definition) is 2. The number of oxazole rings is 1. The fraction of sp³-hybridized carbons (Fsp3) is 0.500. The van der Waals surface area contributed by atoms with Crippen LogP contribution in [0.4, 0.5) is 0 Å². The van der Waals surface area contributed by atoms with Crippen LogP contribution in [0, 0.1) is 11.8 Å². The van der Waals surface area contributed by atoms with Crippen LogP contribution in [0.5, 0.6) is 0 Å². The monoisotopic (exact) mass is 412 g/mol. The average Bonchev–Trinajstić information content (AvgIpc) is 3.44. The lowest BCUT2D eigenvalue weighted by molar-refractivity contribution is -0.128. The van der Waals surface area contributed by atoms with E-state index in [1.165, 1.54) is 6.39 Å². The predicted octanol–water partition coefficient (Wildman–Crippen LogP) is 1.56. The van der Waals surface area contributed by atoms with E-state index in [2.05, 4.69) is 15.2 Å². The first kappa shape index (κ1) is 20.6. The number of hydrogen-bond acceptors (Lipinski definition) is 6. The van der Waals surface area contributed by atoms with Crippen molar-refractivity contribution >= 4 is 12.0 Å². The van der Waals surface area contributed by atoms with E-state index in [1.54, 1.807) is 16.9 Å². The van der Waals surface area contributed by atoms with Crippen molar-refractivity contribution in [3.63, 3.8) is 0 Å². The van der Waals surface area contributed by atoms with Gasteiger partial charge in [0.05, 0.1) is 17.8 Å². The third kappa shape index (κ3) is 3.40. The molecule has 4 atom stereocenters. The minimum absolute atomic E-state index is 0.0344. The fourth-order valence-corrected chi connectivity index (χ4v) is 4.96. The zero-order valence-electron chi connectivity index (χ0n) is 17.3. The number of carbonyl (C=O) groups excluding carboxylic acids is 1. The Kier molecular flexibility index (Phi) is 5.87. The van der Waals surface area contributed by atoms with Crippen molar-refractivity contribution in [2.24, 2.45) is 11.8 Å². The number of fused-ring (bicyclic) bond motifs is 3. The number of nitrogens with one attached hydrogen (secondary N) is 1. The van der Waals surface area contributed by atoms with E-state index in [9.17, 15) is 14.7 Å². The number of aliphatic hydroxyl groups excluding tert-OH is 1. The third-order valence-electron chi connectivity index (χ3n) is 6.21. The zero-order valence-corrected chi connectivity index (χ0v) is 17.3. The minimum Gasteiger partial charge on any atom is -0.451 e. The van der Waals surface area contributed by atoms with Gasteiger partial charge in [-0.25, -0.2) is 4.98 Å². The molecule has 0 aromatic carbocycles. The van der Waals surface area contributed by atoms with Crippen LogP contribution < -0.4 is 10.9 Å². The van der Waals surface area contributed by atoms with Gasteiger partial charge in [0, 0.05) is 49.3 Å². The number of likely N-dealkylation sites (tertiary alicyclic amines) is 1. The van der Waals surface area contributed by atoms with Gasteiger partial charge in [0.15, 0.2) is 6.39 Å². The van der Waals surface area contributed by atoms with Crippen LogP contribution in [0.2, 0.25) is 0 Å². The number of carbonyl (C=O) groups is 1. The fourth-order valence-electron chi connectivity index (χ4n) is 4.96. The Bertz CT molecular complexity index is 982. The van der Waals surface area contributed by atoms with E-state index in [4.69, 9.17) is 4.42 Å². The maximum atomic E-state index is 13.1. The molecule has 0 unspecified atom stereocenters. The van der Waals surface area contributed by atoms with Gasteiger partial charge in [-0.05, 0) is 25.5 Å². The van der Waals surface area contributed by atoms with Crippen molar-refractivity contribution in [3.05, 3.63) is 58.2 Å². The molecule has 2 N–H and O–H groups in total. The lowest BCUT2D eigenvalue weighted by Gasteiger charge is -2.30. The minimum atomic E-state index is -0.493. The molecule has 1 fully saturated rings. The van der Waals surface area contributed by atoms with E-state index in [0.717, 1.165) is 12.1 Å². The van der Waals surface area contributed by atoms with Crippen molar-refractivity contribution in [1.29, 1.82) is 0 Å². The molecule has 30 heavy (non-hydrogen) atoms. The smallest absolute Gasteiger partial charge is 0.258 e. The molecule has 0 bridgehead atoms. The maximum absolute atomic E-state index is 13.1. The molecule has 2 aromatic heterocycles. The van der Waals surface area contributed by atoms with Crippen LogP contribution in [0.25, 0.3) is 6.08 Å². The second-order valence-electron chi connectivity index (χ2n) is 7.97. The molecule has 4 heterocycles. The summed E-state index contributed by atoms with van der Waals surface area (Å²) in [6, 6.07) is 3.16. The van der Waals surface area contributed by atoms with E-state index in [0.29, 0.717) is 30.9 Å². The Morgan fingerprint density at radius 1 is 1.43 bits per heavy atom. The first-order valence-corrected chi connectivity index (χ1v) is 10.5. The second kappa shape index (κ2) is 8.57. The molecule has 0 radical (unpaired) electrons. The first-order valence-electron chi connectivity index (χ1n) is 10.5.